The summed E-state index contributed by atoms with van der Waals surface area (Å²) in [6, 6.07) is 5.52. The number of hydrogen-bond donors (Lipinski definition) is 8. The number of aromatic hydroxyl groups is 1. The second-order valence-corrected chi connectivity index (χ2v) is 18.2. The molecule has 0 saturated heterocycles. The molecule has 9 N–H and O–H groups in total. The first kappa shape index (κ1) is 45.9. The van der Waals surface area contributed by atoms with Gasteiger partial charge in [0.1, 0.15) is 60.0 Å². The number of nitrogens with zero attached hydrogens (tertiary/aromatic N) is 8. The van der Waals surface area contributed by atoms with Crippen LogP contribution < -0.4 is 16.4 Å². The van der Waals surface area contributed by atoms with Gasteiger partial charge >= 0.3 is 0 Å². The van der Waals surface area contributed by atoms with Crippen molar-refractivity contribution in [3.8, 4) is 5.75 Å². The molecule has 4 aromatic carbocycles. The number of phenolic OH excluding ortho intramolecular Hbond substituents is 1. The van der Waals surface area contributed by atoms with Gasteiger partial charge in [0.2, 0.25) is 11.8 Å². The number of halogens is 4. The molecule has 0 spiro atoms. The molecule has 0 saturated carbocycles. The standard InChI is InChI=1S/C31H21ClF3N11O13S4/c1-11-6-12-7-18(62(54,55)56)24(45-43-15-8-13(2-4-16(15)60(48,49)50)41-31-21(33)29(35)38-10-40-31)22(36)19(12)26(47)23(11)44-46-25-17(61(51,52)53)5-3-14(27(25)63(57,58)59)42-30-20(32)28(34)37-9-39-30/h2-10,47H,36H2,1H3,(H,37,39,42)(H,38,40,41)(H,48,49,50)(H,51,52,53)(H,54,55,56)(H,57,58,59). The number of hydrogen-bond acceptors (Lipinski definition) is 20. The van der Waals surface area contributed by atoms with E-state index in [0.29, 0.717) is 30.9 Å². The molecule has 0 fully saturated rings. The predicted octanol–water partition coefficient (Wildman–Crippen LogP) is 6.39. The number of nitrogens with two attached hydrogens (primary N) is 1. The SMILES string of the molecule is Cc1cc2cc(S(=O)(=O)O)c(N=Nc3cc(Nc4ncnc(F)c4F)ccc3S(=O)(=O)O)c(N)c2c(O)c1N=Nc1c(S(=O)(=O)O)ccc(Nc2ncnc(F)c2Cl)c1S(=O)(=O)O. The normalized spacial score (nSPS) is 12.7. The minimum absolute atomic E-state index is 0.153. The van der Waals surface area contributed by atoms with E-state index in [1.165, 1.54) is 6.92 Å². The first-order valence-corrected chi connectivity index (χ1v) is 22.3. The zero-order valence-corrected chi connectivity index (χ0v) is 34.5. The highest BCUT2D eigenvalue weighted by Crippen LogP contribution is 2.48. The lowest BCUT2D eigenvalue weighted by Crippen LogP contribution is -2.09. The fraction of sp³-hybridized carbons (Fsp3) is 0.0323. The van der Waals surface area contributed by atoms with E-state index in [2.05, 4.69) is 51.0 Å². The minimum Gasteiger partial charge on any atom is -0.505 e. The Morgan fingerprint density at radius 2 is 1.22 bits per heavy atom. The second-order valence-electron chi connectivity index (χ2n) is 12.3. The fourth-order valence-electron chi connectivity index (χ4n) is 5.55. The molecule has 6 rings (SSSR count). The average Bonchev–Trinajstić information content (AvgIpc) is 3.16. The number of aromatic nitrogens is 4. The number of nitrogens with one attached hydrogen (secondary N) is 2. The Balaban J connectivity index is 1.55. The third-order valence-corrected chi connectivity index (χ3v) is 12.1. The number of aryl methyl sites for hydroxylation is 1. The highest BCUT2D eigenvalue weighted by Gasteiger charge is 2.31. The smallest absolute Gasteiger partial charge is 0.298 e. The van der Waals surface area contributed by atoms with Crippen LogP contribution in [0.25, 0.3) is 10.8 Å². The lowest BCUT2D eigenvalue weighted by atomic mass is 10.0. The van der Waals surface area contributed by atoms with E-state index in [1.54, 1.807) is 0 Å². The number of nitrogen functional groups attached to an aromatic ring is 1. The number of anilines is 5. The van der Waals surface area contributed by atoms with E-state index >= 15 is 0 Å². The van der Waals surface area contributed by atoms with Crippen molar-refractivity contribution in [2.45, 2.75) is 26.5 Å². The molecule has 0 atom stereocenters. The monoisotopic (exact) mass is 975 g/mol. The number of phenols is 1. The van der Waals surface area contributed by atoms with E-state index in [0.717, 1.165) is 24.3 Å². The predicted molar refractivity (Wildman–Crippen MR) is 211 cm³/mol. The molecule has 63 heavy (non-hydrogen) atoms. The van der Waals surface area contributed by atoms with Crippen LogP contribution in [0.3, 0.4) is 0 Å². The van der Waals surface area contributed by atoms with Crippen LogP contribution in [0.5, 0.6) is 5.75 Å². The zero-order chi connectivity index (χ0) is 46.6. The molecule has 0 amide bonds. The van der Waals surface area contributed by atoms with Gasteiger partial charge in [0, 0.05) is 5.69 Å². The third kappa shape index (κ3) is 9.44. The van der Waals surface area contributed by atoms with Gasteiger partial charge in [0.25, 0.3) is 46.4 Å². The van der Waals surface area contributed by atoms with Crippen molar-refractivity contribution in [3.05, 3.63) is 83.4 Å². The van der Waals surface area contributed by atoms with E-state index in [1.807, 2.05) is 0 Å². The Morgan fingerprint density at radius 3 is 1.84 bits per heavy atom. The summed E-state index contributed by atoms with van der Waals surface area (Å²) < 4.78 is 182. The van der Waals surface area contributed by atoms with E-state index in [-0.39, 0.29) is 16.6 Å². The van der Waals surface area contributed by atoms with Crippen LogP contribution in [-0.2, 0) is 40.5 Å². The maximum Gasteiger partial charge on any atom is 0.298 e. The molecule has 0 radical (unpaired) electrons. The summed E-state index contributed by atoms with van der Waals surface area (Å²) >= 11 is 5.84. The van der Waals surface area contributed by atoms with Crippen molar-refractivity contribution in [2.75, 3.05) is 16.4 Å². The molecule has 0 unspecified atom stereocenters. The average molecular weight is 976 g/mol. The van der Waals surface area contributed by atoms with Crippen LogP contribution in [-0.4, -0.2) is 76.9 Å². The number of benzene rings is 4. The second kappa shape index (κ2) is 16.6. The van der Waals surface area contributed by atoms with Crippen LogP contribution in [0.2, 0.25) is 5.02 Å². The maximum absolute atomic E-state index is 14.3. The summed E-state index contributed by atoms with van der Waals surface area (Å²) in [4.78, 5) is 8.57. The molecule has 0 aliphatic heterocycles. The molecule has 2 heterocycles. The molecule has 0 aliphatic rings. The number of fused-ring (bicyclic) bond motifs is 1. The van der Waals surface area contributed by atoms with Crippen molar-refractivity contribution >= 4 is 114 Å². The summed E-state index contributed by atoms with van der Waals surface area (Å²) in [5.74, 6) is -6.78. The Kier molecular flexibility index (Phi) is 12.1. The third-order valence-electron chi connectivity index (χ3n) is 8.20. The van der Waals surface area contributed by atoms with Gasteiger partial charge in [0.05, 0.1) is 16.8 Å². The molecule has 330 valence electrons. The van der Waals surface area contributed by atoms with Crippen molar-refractivity contribution in [3.63, 3.8) is 0 Å². The summed E-state index contributed by atoms with van der Waals surface area (Å²) in [6.45, 7) is 1.21. The van der Waals surface area contributed by atoms with E-state index in [4.69, 9.17) is 17.3 Å². The highest BCUT2D eigenvalue weighted by molar-refractivity contribution is 7.87. The van der Waals surface area contributed by atoms with Gasteiger partial charge in [-0.15, -0.1) is 20.5 Å². The van der Waals surface area contributed by atoms with Gasteiger partial charge in [0.15, 0.2) is 17.4 Å². The summed E-state index contributed by atoms with van der Waals surface area (Å²) in [6.07, 6.45) is 1.30. The molecular formula is C31H21ClF3N11O13S4. The Bertz CT molecular complexity index is 3460. The fourth-order valence-corrected chi connectivity index (χ4v) is 8.45. The van der Waals surface area contributed by atoms with Crippen LogP contribution in [0, 0.1) is 24.6 Å². The van der Waals surface area contributed by atoms with Gasteiger partial charge in [-0.1, -0.05) is 11.6 Å². The van der Waals surface area contributed by atoms with Gasteiger partial charge in [-0.3, -0.25) is 18.2 Å². The van der Waals surface area contributed by atoms with Crippen LogP contribution in [0.1, 0.15) is 5.56 Å². The van der Waals surface area contributed by atoms with E-state index in [9.17, 15) is 70.2 Å². The molecular weight excluding hydrogens is 955 g/mol. The first-order valence-electron chi connectivity index (χ1n) is 16.2. The van der Waals surface area contributed by atoms with Gasteiger partial charge in [-0.2, -0.15) is 46.8 Å². The van der Waals surface area contributed by atoms with E-state index < -0.39 is 140 Å². The lowest BCUT2D eigenvalue weighted by Gasteiger charge is -2.15. The molecule has 0 bridgehead atoms. The maximum atomic E-state index is 14.3. The Morgan fingerprint density at radius 1 is 0.651 bits per heavy atom. The summed E-state index contributed by atoms with van der Waals surface area (Å²) in [7, 11) is -21.5. The highest BCUT2D eigenvalue weighted by atomic mass is 35.5. The largest absolute Gasteiger partial charge is 0.505 e. The minimum atomic E-state index is -5.60. The quantitative estimate of drug-likeness (QED) is 0.0285. The number of rotatable bonds is 12. The van der Waals surface area contributed by atoms with Gasteiger partial charge in [-0.05, 0) is 60.3 Å². The van der Waals surface area contributed by atoms with Crippen molar-refractivity contribution < 1.29 is 70.2 Å². The summed E-state index contributed by atoms with van der Waals surface area (Å²) in [5.41, 5.74) is 0.429. The van der Waals surface area contributed by atoms with Crippen molar-refractivity contribution in [1.29, 1.82) is 0 Å². The molecule has 32 heteroatoms. The molecule has 2 aromatic heterocycles. The van der Waals surface area contributed by atoms with Gasteiger partial charge in [-0.25, -0.2) is 19.9 Å². The summed E-state index contributed by atoms with van der Waals surface area (Å²) in [5, 5.41) is 29.1. The van der Waals surface area contributed by atoms with Crippen molar-refractivity contribution in [2.24, 2.45) is 20.5 Å². The van der Waals surface area contributed by atoms with Crippen LogP contribution >= 0.6 is 11.6 Å². The molecule has 24 nitrogen and oxygen atoms in total. The molecule has 6 aromatic rings. The Hall–Kier alpha value is -6.58. The van der Waals surface area contributed by atoms with Crippen molar-refractivity contribution in [1.82, 2.24) is 19.9 Å². The van der Waals surface area contributed by atoms with Gasteiger partial charge < -0.3 is 21.5 Å². The zero-order valence-electron chi connectivity index (χ0n) is 30.5. The Labute approximate surface area is 355 Å². The lowest BCUT2D eigenvalue weighted by molar-refractivity contribution is 0.476. The molecule has 0 aliphatic carbocycles. The van der Waals surface area contributed by atoms with Crippen LogP contribution in [0.15, 0.2) is 95.2 Å². The van der Waals surface area contributed by atoms with Crippen LogP contribution in [0.4, 0.5) is 64.6 Å². The number of azo groups is 2. The first-order chi connectivity index (χ1) is 29.2. The topological polar surface area (TPSA) is 389 Å².